The first-order chi connectivity index (χ1) is 11.0. The van der Waals surface area contributed by atoms with Crippen molar-refractivity contribution in [3.63, 3.8) is 0 Å². The molecule has 7 heteroatoms. The molecule has 0 amide bonds. The molecule has 0 saturated heterocycles. The van der Waals surface area contributed by atoms with Crippen LogP contribution < -0.4 is 8.92 Å². The Morgan fingerprint density at radius 3 is 2.48 bits per heavy atom. The highest BCUT2D eigenvalue weighted by molar-refractivity contribution is 7.87. The minimum Gasteiger partial charge on any atom is -0.494 e. The Balaban J connectivity index is 1.86. The van der Waals surface area contributed by atoms with Gasteiger partial charge in [-0.1, -0.05) is 0 Å². The molecule has 0 aliphatic heterocycles. The minimum atomic E-state index is -3.92. The number of rotatable bonds is 5. The van der Waals surface area contributed by atoms with Gasteiger partial charge in [0.15, 0.2) is 11.5 Å². The Bertz CT molecular complexity index is 929. The average Bonchev–Trinajstić information content (AvgIpc) is 2.87. The van der Waals surface area contributed by atoms with Crippen molar-refractivity contribution in [1.29, 1.82) is 0 Å². The first-order valence-corrected chi connectivity index (χ1v) is 8.43. The van der Waals surface area contributed by atoms with Crippen LogP contribution >= 0.6 is 0 Å². The molecular weight excluding hydrogens is 318 g/mol. The number of aromatic nitrogens is 1. The molecule has 6 nitrogen and oxygen atoms in total. The first-order valence-electron chi connectivity index (χ1n) is 7.02. The topological polar surface area (TPSA) is 78.6 Å². The third-order valence-corrected chi connectivity index (χ3v) is 4.36. The van der Waals surface area contributed by atoms with Gasteiger partial charge in [0.05, 0.1) is 6.61 Å². The fraction of sp³-hybridized carbons (Fsp3) is 0.188. The van der Waals surface area contributed by atoms with Crippen molar-refractivity contribution < 1.29 is 21.8 Å². The van der Waals surface area contributed by atoms with Gasteiger partial charge >= 0.3 is 10.1 Å². The van der Waals surface area contributed by atoms with Crippen molar-refractivity contribution in [2.45, 2.75) is 18.7 Å². The SMILES string of the molecule is CCOc1ccc(S(=O)(=O)Oc2ccc3nc(C)oc3c2)cc1. The summed E-state index contributed by atoms with van der Waals surface area (Å²) < 4.78 is 40.4. The van der Waals surface area contributed by atoms with Crippen molar-refractivity contribution in [3.8, 4) is 11.5 Å². The molecule has 1 aromatic heterocycles. The van der Waals surface area contributed by atoms with Crippen LogP contribution in [0.5, 0.6) is 11.5 Å². The second-order valence-electron chi connectivity index (χ2n) is 4.80. The Labute approximate surface area is 133 Å². The van der Waals surface area contributed by atoms with Crippen LogP contribution in [0.25, 0.3) is 11.1 Å². The molecule has 120 valence electrons. The lowest BCUT2D eigenvalue weighted by Crippen LogP contribution is -2.09. The second-order valence-corrected chi connectivity index (χ2v) is 6.35. The van der Waals surface area contributed by atoms with E-state index in [-0.39, 0.29) is 10.6 Å². The van der Waals surface area contributed by atoms with Crippen LogP contribution in [-0.4, -0.2) is 20.0 Å². The summed E-state index contributed by atoms with van der Waals surface area (Å²) in [6, 6.07) is 10.7. The van der Waals surface area contributed by atoms with Crippen LogP contribution in [0.2, 0.25) is 0 Å². The van der Waals surface area contributed by atoms with E-state index in [4.69, 9.17) is 13.3 Å². The third-order valence-electron chi connectivity index (χ3n) is 3.10. The molecule has 0 radical (unpaired) electrons. The quantitative estimate of drug-likeness (QED) is 0.667. The van der Waals surface area contributed by atoms with E-state index in [0.717, 1.165) is 0 Å². The average molecular weight is 333 g/mol. The predicted molar refractivity (Wildman–Crippen MR) is 84.2 cm³/mol. The summed E-state index contributed by atoms with van der Waals surface area (Å²) in [5.41, 5.74) is 1.12. The summed E-state index contributed by atoms with van der Waals surface area (Å²) in [4.78, 5) is 4.20. The molecule has 2 aromatic carbocycles. The zero-order valence-corrected chi connectivity index (χ0v) is 13.5. The maximum absolute atomic E-state index is 12.3. The van der Waals surface area contributed by atoms with Gasteiger partial charge in [-0.3, -0.25) is 0 Å². The summed E-state index contributed by atoms with van der Waals surface area (Å²) in [5, 5.41) is 0. The molecule has 0 N–H and O–H groups in total. The second kappa shape index (κ2) is 5.92. The summed E-state index contributed by atoms with van der Waals surface area (Å²) in [5.74, 6) is 1.28. The van der Waals surface area contributed by atoms with Gasteiger partial charge in [-0.25, -0.2) is 4.98 Å². The van der Waals surface area contributed by atoms with Crippen LogP contribution in [0, 0.1) is 6.92 Å². The Morgan fingerprint density at radius 1 is 1.09 bits per heavy atom. The molecule has 0 aliphatic carbocycles. The van der Waals surface area contributed by atoms with E-state index in [2.05, 4.69) is 4.98 Å². The van der Waals surface area contributed by atoms with Crippen LogP contribution in [0.15, 0.2) is 51.8 Å². The Hall–Kier alpha value is -2.54. The van der Waals surface area contributed by atoms with E-state index >= 15 is 0 Å². The number of aryl methyl sites for hydroxylation is 1. The zero-order valence-electron chi connectivity index (χ0n) is 12.6. The largest absolute Gasteiger partial charge is 0.494 e. The number of fused-ring (bicyclic) bond motifs is 1. The third kappa shape index (κ3) is 3.29. The molecule has 0 saturated carbocycles. The minimum absolute atomic E-state index is 0.0507. The van der Waals surface area contributed by atoms with Crippen molar-refractivity contribution in [2.75, 3.05) is 6.61 Å². The fourth-order valence-corrected chi connectivity index (χ4v) is 3.04. The van der Waals surface area contributed by atoms with Gasteiger partial charge in [-0.05, 0) is 43.3 Å². The van der Waals surface area contributed by atoms with Crippen LogP contribution in [0.1, 0.15) is 12.8 Å². The number of nitrogens with zero attached hydrogens (tertiary/aromatic N) is 1. The van der Waals surface area contributed by atoms with Gasteiger partial charge in [-0.15, -0.1) is 0 Å². The highest BCUT2D eigenvalue weighted by Crippen LogP contribution is 2.25. The zero-order chi connectivity index (χ0) is 16.4. The number of ether oxygens (including phenoxy) is 1. The van der Waals surface area contributed by atoms with E-state index in [1.165, 1.54) is 24.3 Å². The molecule has 3 rings (SSSR count). The van der Waals surface area contributed by atoms with Crippen LogP contribution in [0.3, 0.4) is 0 Å². The fourth-order valence-electron chi connectivity index (χ4n) is 2.12. The Morgan fingerprint density at radius 2 is 1.78 bits per heavy atom. The van der Waals surface area contributed by atoms with Gasteiger partial charge < -0.3 is 13.3 Å². The number of hydrogen-bond acceptors (Lipinski definition) is 6. The monoisotopic (exact) mass is 333 g/mol. The van der Waals surface area contributed by atoms with Crippen molar-refractivity contribution in [1.82, 2.24) is 4.98 Å². The highest BCUT2D eigenvalue weighted by atomic mass is 32.2. The summed E-state index contributed by atoms with van der Waals surface area (Å²) in [6.45, 7) is 4.09. The number of hydrogen-bond donors (Lipinski definition) is 0. The van der Waals surface area contributed by atoms with Crippen LogP contribution in [-0.2, 0) is 10.1 Å². The summed E-state index contributed by atoms with van der Waals surface area (Å²) in [7, 11) is -3.92. The molecule has 0 atom stereocenters. The number of benzene rings is 2. The lowest BCUT2D eigenvalue weighted by atomic mass is 10.3. The summed E-state index contributed by atoms with van der Waals surface area (Å²) >= 11 is 0. The van der Waals surface area contributed by atoms with E-state index in [1.807, 2.05) is 6.92 Å². The predicted octanol–water partition coefficient (Wildman–Crippen LogP) is 3.30. The normalized spacial score (nSPS) is 11.6. The molecule has 0 spiro atoms. The van der Waals surface area contributed by atoms with E-state index in [0.29, 0.717) is 29.3 Å². The van der Waals surface area contributed by atoms with Crippen molar-refractivity contribution in [3.05, 3.63) is 48.4 Å². The van der Waals surface area contributed by atoms with Crippen molar-refractivity contribution in [2.24, 2.45) is 0 Å². The molecule has 0 aliphatic rings. The van der Waals surface area contributed by atoms with Gasteiger partial charge in [0.1, 0.15) is 21.9 Å². The smallest absolute Gasteiger partial charge is 0.339 e. The van der Waals surface area contributed by atoms with E-state index < -0.39 is 10.1 Å². The standard InChI is InChI=1S/C16H15NO5S/c1-3-20-12-4-7-14(8-5-12)23(18,19)22-13-6-9-15-16(10-13)21-11(2)17-15/h4-10H,3H2,1-2H3. The van der Waals surface area contributed by atoms with Gasteiger partial charge in [-0.2, -0.15) is 8.42 Å². The molecule has 0 unspecified atom stereocenters. The molecule has 23 heavy (non-hydrogen) atoms. The molecule has 0 fully saturated rings. The Kier molecular flexibility index (Phi) is 3.96. The number of oxazole rings is 1. The van der Waals surface area contributed by atoms with Gasteiger partial charge in [0.2, 0.25) is 0 Å². The maximum Gasteiger partial charge on any atom is 0.339 e. The molecule has 1 heterocycles. The van der Waals surface area contributed by atoms with E-state index in [9.17, 15) is 8.42 Å². The maximum atomic E-state index is 12.3. The van der Waals surface area contributed by atoms with Crippen LogP contribution in [0.4, 0.5) is 0 Å². The molecule has 3 aromatic rings. The highest BCUT2D eigenvalue weighted by Gasteiger charge is 2.17. The lowest BCUT2D eigenvalue weighted by molar-refractivity contribution is 0.340. The van der Waals surface area contributed by atoms with Gasteiger partial charge in [0.25, 0.3) is 0 Å². The van der Waals surface area contributed by atoms with Crippen molar-refractivity contribution >= 4 is 21.2 Å². The van der Waals surface area contributed by atoms with E-state index in [1.54, 1.807) is 25.1 Å². The molecule has 0 bridgehead atoms. The first kappa shape index (κ1) is 15.4. The lowest BCUT2D eigenvalue weighted by Gasteiger charge is -2.08. The summed E-state index contributed by atoms with van der Waals surface area (Å²) in [6.07, 6.45) is 0. The van der Waals surface area contributed by atoms with Gasteiger partial charge in [0, 0.05) is 13.0 Å². The molecular formula is C16H15NO5S.